The second kappa shape index (κ2) is 9.67. The van der Waals surface area contributed by atoms with Crippen LogP contribution in [-0.2, 0) is 6.16 Å². The molecule has 0 saturated heterocycles. The zero-order valence-electron chi connectivity index (χ0n) is 14.5. The van der Waals surface area contributed by atoms with Gasteiger partial charge >= 0.3 is 0 Å². The summed E-state index contributed by atoms with van der Waals surface area (Å²) in [6.45, 7) is 4.11. The van der Waals surface area contributed by atoms with E-state index in [-0.39, 0.29) is 15.8 Å². The molecule has 0 N–H and O–H groups in total. The van der Waals surface area contributed by atoms with Crippen molar-refractivity contribution >= 4 is 26.5 Å². The summed E-state index contributed by atoms with van der Waals surface area (Å²) in [4.78, 5) is 0. The minimum atomic E-state index is -0.271. The highest BCUT2D eigenvalue weighted by molar-refractivity contribution is 7.71. The van der Waals surface area contributed by atoms with E-state index in [9.17, 15) is 0 Å². The second-order valence-electron chi connectivity index (χ2n) is 5.95. The van der Waals surface area contributed by atoms with Gasteiger partial charge in [0.05, 0.1) is 0 Å². The molecule has 2 unspecified atom stereocenters. The summed E-state index contributed by atoms with van der Waals surface area (Å²) in [5, 5.41) is 2.95. The van der Waals surface area contributed by atoms with Gasteiger partial charge in [0.2, 0.25) is 0 Å². The lowest BCUT2D eigenvalue weighted by molar-refractivity contribution is 1.36. The average molecular weight is 362 g/mol. The summed E-state index contributed by atoms with van der Waals surface area (Å²) in [5.41, 5.74) is 1.44. The van der Waals surface area contributed by atoms with Gasteiger partial charge in [-0.1, -0.05) is 119 Å². The third-order valence-electron chi connectivity index (χ3n) is 4.26. The van der Waals surface area contributed by atoms with Crippen LogP contribution < -0.4 is 10.6 Å². The molecular formula is C23H24P2. The third-order valence-corrected chi connectivity index (χ3v) is 9.26. The standard InChI is InChI=1S/C23H24P2/c1-2-24(22-14-8-4-9-15-22)18-19-25(23-16-10-5-11-17-23)20-21-12-6-3-7-13-21/h2-17H,1,18-20H2. The average Bonchev–Trinajstić information content (AvgIpc) is 2.70. The zero-order chi connectivity index (χ0) is 17.3. The van der Waals surface area contributed by atoms with E-state index in [1.807, 2.05) is 0 Å². The van der Waals surface area contributed by atoms with E-state index in [0.29, 0.717) is 0 Å². The van der Waals surface area contributed by atoms with Crippen LogP contribution in [0, 0.1) is 0 Å². The van der Waals surface area contributed by atoms with Crippen molar-refractivity contribution < 1.29 is 0 Å². The number of hydrogen-bond acceptors (Lipinski definition) is 0. The Balaban J connectivity index is 1.74. The Kier molecular flexibility index (Phi) is 6.99. The van der Waals surface area contributed by atoms with Crippen LogP contribution in [-0.4, -0.2) is 12.3 Å². The normalized spacial score (nSPS) is 13.1. The fraction of sp³-hybridized carbons (Fsp3) is 0.130. The van der Waals surface area contributed by atoms with Crippen molar-refractivity contribution in [3.63, 3.8) is 0 Å². The van der Waals surface area contributed by atoms with Crippen LogP contribution in [0.4, 0.5) is 0 Å². The van der Waals surface area contributed by atoms with Crippen molar-refractivity contribution in [2.75, 3.05) is 12.3 Å². The Morgan fingerprint density at radius 3 is 1.72 bits per heavy atom. The maximum Gasteiger partial charge on any atom is -0.00327 e. The highest BCUT2D eigenvalue weighted by atomic mass is 31.1. The molecule has 2 heteroatoms. The maximum absolute atomic E-state index is 4.11. The van der Waals surface area contributed by atoms with Crippen molar-refractivity contribution in [3.05, 3.63) is 109 Å². The largest absolute Gasteiger partial charge is 0.0983 e. The summed E-state index contributed by atoms with van der Waals surface area (Å²) in [6, 6.07) is 32.8. The summed E-state index contributed by atoms with van der Waals surface area (Å²) in [6.07, 6.45) is 3.63. The predicted octanol–water partition coefficient (Wildman–Crippen LogP) is 5.94. The summed E-state index contributed by atoms with van der Waals surface area (Å²) in [5.74, 6) is 2.17. The van der Waals surface area contributed by atoms with Crippen LogP contribution in [0.5, 0.6) is 0 Å². The van der Waals surface area contributed by atoms with Crippen LogP contribution >= 0.6 is 15.8 Å². The van der Waals surface area contributed by atoms with Crippen LogP contribution in [0.15, 0.2) is 103 Å². The monoisotopic (exact) mass is 362 g/mol. The summed E-state index contributed by atoms with van der Waals surface area (Å²) < 4.78 is 0. The Hall–Kier alpha value is -1.74. The van der Waals surface area contributed by atoms with Gasteiger partial charge in [-0.15, -0.1) is 0 Å². The predicted molar refractivity (Wildman–Crippen MR) is 116 cm³/mol. The molecule has 3 aromatic rings. The Labute approximate surface area is 154 Å². The van der Waals surface area contributed by atoms with Crippen molar-refractivity contribution in [2.45, 2.75) is 6.16 Å². The molecule has 0 amide bonds. The topological polar surface area (TPSA) is 0 Å². The number of benzene rings is 3. The molecular weight excluding hydrogens is 338 g/mol. The molecule has 0 heterocycles. The first-order valence-electron chi connectivity index (χ1n) is 8.65. The van der Waals surface area contributed by atoms with E-state index in [1.165, 1.54) is 28.5 Å². The van der Waals surface area contributed by atoms with Crippen molar-refractivity contribution in [2.24, 2.45) is 0 Å². The highest BCUT2D eigenvalue weighted by Gasteiger charge is 2.15. The molecule has 3 rings (SSSR count). The van der Waals surface area contributed by atoms with Gasteiger partial charge in [0, 0.05) is 0 Å². The third kappa shape index (κ3) is 5.37. The van der Waals surface area contributed by atoms with Gasteiger partial charge in [-0.3, -0.25) is 0 Å². The van der Waals surface area contributed by atoms with E-state index in [2.05, 4.69) is 103 Å². The summed E-state index contributed by atoms with van der Waals surface area (Å²) in [7, 11) is -0.463. The lowest BCUT2D eigenvalue weighted by Crippen LogP contribution is -2.09. The minimum absolute atomic E-state index is 0.192. The van der Waals surface area contributed by atoms with Crippen molar-refractivity contribution in [1.29, 1.82) is 0 Å². The molecule has 2 atom stereocenters. The fourth-order valence-corrected chi connectivity index (χ4v) is 7.79. The van der Waals surface area contributed by atoms with Gasteiger partial charge in [-0.2, -0.15) is 0 Å². The van der Waals surface area contributed by atoms with Gasteiger partial charge in [0.15, 0.2) is 0 Å². The van der Waals surface area contributed by atoms with E-state index >= 15 is 0 Å². The molecule has 0 saturated carbocycles. The molecule has 3 aromatic carbocycles. The molecule has 0 bridgehead atoms. The lowest BCUT2D eigenvalue weighted by atomic mass is 10.2. The molecule has 25 heavy (non-hydrogen) atoms. The maximum atomic E-state index is 4.11. The molecule has 0 aliphatic heterocycles. The highest BCUT2D eigenvalue weighted by Crippen LogP contribution is 2.44. The Morgan fingerprint density at radius 1 is 0.640 bits per heavy atom. The van der Waals surface area contributed by atoms with Crippen molar-refractivity contribution in [3.8, 4) is 0 Å². The smallest absolute Gasteiger partial charge is 0.00327 e. The molecule has 0 fully saturated rings. The van der Waals surface area contributed by atoms with Crippen LogP contribution in [0.2, 0.25) is 0 Å². The lowest BCUT2D eigenvalue weighted by Gasteiger charge is -2.21. The van der Waals surface area contributed by atoms with Crippen LogP contribution in [0.1, 0.15) is 5.56 Å². The first kappa shape index (κ1) is 18.1. The molecule has 0 nitrogen and oxygen atoms in total. The zero-order valence-corrected chi connectivity index (χ0v) is 16.2. The van der Waals surface area contributed by atoms with Gasteiger partial charge in [-0.25, -0.2) is 0 Å². The first-order chi connectivity index (χ1) is 12.4. The number of hydrogen-bond donors (Lipinski definition) is 0. The Morgan fingerprint density at radius 2 is 1.16 bits per heavy atom. The van der Waals surface area contributed by atoms with E-state index < -0.39 is 0 Å². The van der Waals surface area contributed by atoms with E-state index in [0.717, 1.165) is 6.16 Å². The van der Waals surface area contributed by atoms with Gasteiger partial charge in [-0.05, 0) is 34.7 Å². The molecule has 0 radical (unpaired) electrons. The summed E-state index contributed by atoms with van der Waals surface area (Å²) >= 11 is 0. The minimum Gasteiger partial charge on any atom is -0.0983 e. The van der Waals surface area contributed by atoms with Gasteiger partial charge in [0.25, 0.3) is 0 Å². The first-order valence-corrected chi connectivity index (χ1v) is 12.0. The Bertz CT molecular complexity index is 754. The number of rotatable bonds is 8. The van der Waals surface area contributed by atoms with Crippen molar-refractivity contribution in [1.82, 2.24) is 0 Å². The molecule has 0 spiro atoms. The van der Waals surface area contributed by atoms with E-state index in [4.69, 9.17) is 0 Å². The van der Waals surface area contributed by atoms with Gasteiger partial charge in [0.1, 0.15) is 0 Å². The SMILES string of the molecule is C=CP(CCP(Cc1ccccc1)c1ccccc1)c1ccccc1. The fourth-order valence-electron chi connectivity index (χ4n) is 2.92. The molecule has 0 aliphatic carbocycles. The molecule has 0 aromatic heterocycles. The molecule has 126 valence electrons. The quantitative estimate of drug-likeness (QED) is 0.435. The van der Waals surface area contributed by atoms with E-state index in [1.54, 1.807) is 0 Å². The van der Waals surface area contributed by atoms with Crippen LogP contribution in [0.25, 0.3) is 0 Å². The van der Waals surface area contributed by atoms with Crippen LogP contribution in [0.3, 0.4) is 0 Å². The second-order valence-corrected chi connectivity index (χ2v) is 10.6. The van der Waals surface area contributed by atoms with Gasteiger partial charge < -0.3 is 0 Å². The molecule has 0 aliphatic rings.